The molecule has 1 aliphatic rings. The Bertz CT molecular complexity index is 1550. The number of sulfonamides is 1. The maximum Gasteiger partial charge on any atom is 0.321 e. The lowest BCUT2D eigenvalue weighted by Crippen LogP contribution is -2.50. The number of hydrogen-bond donors (Lipinski definition) is 3. The van der Waals surface area contributed by atoms with E-state index in [1.54, 1.807) is 45.3 Å². The summed E-state index contributed by atoms with van der Waals surface area (Å²) in [5, 5.41) is 12.7. The first kappa shape index (κ1) is 31.6. The van der Waals surface area contributed by atoms with Crippen LogP contribution in [0, 0.1) is 11.7 Å². The van der Waals surface area contributed by atoms with Gasteiger partial charge in [-0.05, 0) is 67.6 Å². The minimum atomic E-state index is -4.19. The second kappa shape index (κ2) is 13.3. The molecule has 0 radical (unpaired) electrons. The maximum atomic E-state index is 13.7. The fourth-order valence-corrected chi connectivity index (χ4v) is 5.67. The van der Waals surface area contributed by atoms with Crippen molar-refractivity contribution in [1.82, 2.24) is 9.80 Å². The van der Waals surface area contributed by atoms with E-state index in [-0.39, 0.29) is 47.5 Å². The van der Waals surface area contributed by atoms with E-state index in [0.717, 1.165) is 24.3 Å². The van der Waals surface area contributed by atoms with Crippen LogP contribution in [0.5, 0.6) is 11.5 Å². The number of methoxy groups -OCH3 is 1. The molecule has 3 unspecified atom stereocenters. The average molecular weight is 615 g/mol. The van der Waals surface area contributed by atoms with Crippen molar-refractivity contribution < 1.29 is 37.0 Å². The zero-order valence-electron chi connectivity index (χ0n) is 24.3. The van der Waals surface area contributed by atoms with Gasteiger partial charge in [0.05, 0.1) is 42.4 Å². The maximum absolute atomic E-state index is 13.7. The van der Waals surface area contributed by atoms with Gasteiger partial charge in [0, 0.05) is 25.2 Å². The normalized spacial score (nSPS) is 17.5. The van der Waals surface area contributed by atoms with E-state index in [9.17, 15) is 27.5 Å². The Kier molecular flexibility index (Phi) is 9.77. The Morgan fingerprint density at radius 1 is 1.16 bits per heavy atom. The number of carbonyl (C=O) groups is 2. The van der Waals surface area contributed by atoms with E-state index in [4.69, 9.17) is 9.47 Å². The molecule has 0 aromatic heterocycles. The Morgan fingerprint density at radius 2 is 1.84 bits per heavy atom. The number of anilines is 2. The van der Waals surface area contributed by atoms with Crippen molar-refractivity contribution in [3.8, 4) is 11.5 Å². The van der Waals surface area contributed by atoms with E-state index < -0.39 is 39.9 Å². The lowest BCUT2D eigenvalue weighted by molar-refractivity contribution is 0.0373. The van der Waals surface area contributed by atoms with Crippen LogP contribution in [-0.4, -0.2) is 81.3 Å². The summed E-state index contributed by atoms with van der Waals surface area (Å²) in [6.07, 6.45) is -0.691. The molecule has 43 heavy (non-hydrogen) atoms. The second-order valence-electron chi connectivity index (χ2n) is 10.4. The standard InChI is InChI=1S/C30H35FN4O7S/c1-19-16-35(20(2)18-36)29(37)25-6-5-7-26(33-43(39,40)24-14-8-21(31)9-15-24)28(25)42-27(19)17-34(3)30(38)32-22-10-12-23(41-4)13-11-22/h5-15,19-20,27,33,36H,16-18H2,1-4H3,(H,32,38). The zero-order valence-corrected chi connectivity index (χ0v) is 25.1. The summed E-state index contributed by atoms with van der Waals surface area (Å²) in [5.74, 6) is -0.759. The summed E-state index contributed by atoms with van der Waals surface area (Å²) in [6.45, 7) is 3.56. The van der Waals surface area contributed by atoms with Crippen LogP contribution in [0.4, 0.5) is 20.6 Å². The summed E-state index contributed by atoms with van der Waals surface area (Å²) in [5.41, 5.74) is 0.638. The van der Waals surface area contributed by atoms with Crippen molar-refractivity contribution in [3.63, 3.8) is 0 Å². The van der Waals surface area contributed by atoms with Gasteiger partial charge in [0.1, 0.15) is 17.7 Å². The number of amides is 3. The van der Waals surface area contributed by atoms with Crippen molar-refractivity contribution in [2.75, 3.05) is 43.9 Å². The third-order valence-corrected chi connectivity index (χ3v) is 8.58. The number of nitrogens with one attached hydrogen (secondary N) is 2. The first-order chi connectivity index (χ1) is 20.4. The highest BCUT2D eigenvalue weighted by atomic mass is 32.2. The quantitative estimate of drug-likeness (QED) is 0.331. The van der Waals surface area contributed by atoms with E-state index >= 15 is 0 Å². The molecule has 3 atom stereocenters. The summed E-state index contributed by atoms with van der Waals surface area (Å²) in [6, 6.07) is 14.7. The number of benzene rings is 3. The van der Waals surface area contributed by atoms with Crippen LogP contribution >= 0.6 is 0 Å². The molecule has 3 N–H and O–H groups in total. The molecule has 0 spiro atoms. The SMILES string of the molecule is COc1ccc(NC(=O)N(C)CC2Oc3c(NS(=O)(=O)c4ccc(F)cc4)cccc3C(=O)N(C(C)CO)CC2C)cc1. The average Bonchev–Trinajstić information content (AvgIpc) is 2.99. The summed E-state index contributed by atoms with van der Waals surface area (Å²) >= 11 is 0. The second-order valence-corrected chi connectivity index (χ2v) is 12.1. The number of ether oxygens (including phenoxy) is 2. The monoisotopic (exact) mass is 614 g/mol. The van der Waals surface area contributed by atoms with Crippen LogP contribution in [0.15, 0.2) is 71.6 Å². The highest BCUT2D eigenvalue weighted by Gasteiger charge is 2.35. The number of nitrogens with zero attached hydrogens (tertiary/aromatic N) is 2. The lowest BCUT2D eigenvalue weighted by atomic mass is 9.99. The molecule has 1 heterocycles. The fourth-order valence-electron chi connectivity index (χ4n) is 4.61. The molecule has 3 aromatic rings. The predicted molar refractivity (Wildman–Crippen MR) is 159 cm³/mol. The number of para-hydroxylation sites is 1. The number of rotatable bonds is 9. The molecule has 230 valence electrons. The minimum Gasteiger partial charge on any atom is -0.497 e. The molecule has 4 rings (SSSR count). The molecular formula is C30H35FN4O7S. The van der Waals surface area contributed by atoms with Crippen LogP contribution in [0.25, 0.3) is 0 Å². The first-order valence-corrected chi connectivity index (χ1v) is 15.1. The highest BCUT2D eigenvalue weighted by Crippen LogP contribution is 2.36. The van der Waals surface area contributed by atoms with E-state index in [2.05, 4.69) is 10.0 Å². The predicted octanol–water partition coefficient (Wildman–Crippen LogP) is 4.02. The van der Waals surface area contributed by atoms with Gasteiger partial charge in [-0.25, -0.2) is 17.6 Å². The molecule has 0 fully saturated rings. The van der Waals surface area contributed by atoms with Crippen molar-refractivity contribution in [2.45, 2.75) is 30.9 Å². The molecule has 13 heteroatoms. The largest absolute Gasteiger partial charge is 0.497 e. The van der Waals surface area contributed by atoms with Crippen LogP contribution in [0.2, 0.25) is 0 Å². The van der Waals surface area contributed by atoms with Crippen molar-refractivity contribution >= 4 is 33.3 Å². The van der Waals surface area contributed by atoms with E-state index in [0.29, 0.717) is 11.4 Å². The minimum absolute atomic E-state index is 0.00351. The first-order valence-electron chi connectivity index (χ1n) is 13.6. The lowest BCUT2D eigenvalue weighted by Gasteiger charge is -2.38. The molecular weight excluding hydrogens is 579 g/mol. The molecule has 0 aliphatic carbocycles. The number of likely N-dealkylation sites (N-methyl/N-ethyl adjacent to an activating group) is 1. The number of hydrogen-bond acceptors (Lipinski definition) is 7. The van der Waals surface area contributed by atoms with Crippen molar-refractivity contribution in [1.29, 1.82) is 0 Å². The number of halogens is 1. The molecule has 0 saturated heterocycles. The van der Waals surface area contributed by atoms with E-state index in [1.807, 2.05) is 6.92 Å². The van der Waals surface area contributed by atoms with Gasteiger partial charge in [0.15, 0.2) is 5.75 Å². The van der Waals surface area contributed by atoms with Gasteiger partial charge in [-0.2, -0.15) is 0 Å². The van der Waals surface area contributed by atoms with Gasteiger partial charge in [-0.3, -0.25) is 9.52 Å². The smallest absolute Gasteiger partial charge is 0.321 e. The van der Waals surface area contributed by atoms with Gasteiger partial charge in [0.2, 0.25) is 0 Å². The summed E-state index contributed by atoms with van der Waals surface area (Å²) in [7, 11) is -1.05. The number of fused-ring (bicyclic) bond motifs is 1. The Balaban J connectivity index is 1.66. The summed E-state index contributed by atoms with van der Waals surface area (Å²) < 4.78 is 53.8. The molecule has 0 bridgehead atoms. The fraction of sp³-hybridized carbons (Fsp3) is 0.333. The number of aliphatic hydroxyl groups excluding tert-OH is 1. The van der Waals surface area contributed by atoms with Gasteiger partial charge in [-0.15, -0.1) is 0 Å². The number of aliphatic hydroxyl groups is 1. The van der Waals surface area contributed by atoms with Gasteiger partial charge in [0.25, 0.3) is 15.9 Å². The van der Waals surface area contributed by atoms with Gasteiger partial charge < -0.3 is 29.7 Å². The molecule has 3 amide bonds. The zero-order chi connectivity index (χ0) is 31.3. The molecule has 1 aliphatic heterocycles. The van der Waals surface area contributed by atoms with Crippen LogP contribution in [0.3, 0.4) is 0 Å². The Morgan fingerprint density at radius 3 is 2.47 bits per heavy atom. The Hall–Kier alpha value is -4.36. The van der Waals surface area contributed by atoms with Crippen LogP contribution in [0.1, 0.15) is 24.2 Å². The van der Waals surface area contributed by atoms with Gasteiger partial charge >= 0.3 is 6.03 Å². The van der Waals surface area contributed by atoms with Gasteiger partial charge in [-0.1, -0.05) is 13.0 Å². The molecule has 0 saturated carbocycles. The molecule has 3 aromatic carbocycles. The Labute approximate surface area is 250 Å². The van der Waals surface area contributed by atoms with Crippen molar-refractivity contribution in [3.05, 3.63) is 78.1 Å². The topological polar surface area (TPSA) is 138 Å². The van der Waals surface area contributed by atoms with E-state index in [1.165, 1.54) is 28.0 Å². The summed E-state index contributed by atoms with van der Waals surface area (Å²) in [4.78, 5) is 29.5. The van der Waals surface area contributed by atoms with Crippen molar-refractivity contribution in [2.24, 2.45) is 5.92 Å². The highest BCUT2D eigenvalue weighted by molar-refractivity contribution is 7.92. The third kappa shape index (κ3) is 7.35. The third-order valence-electron chi connectivity index (χ3n) is 7.20. The molecule has 11 nitrogen and oxygen atoms in total. The number of urea groups is 1. The van der Waals surface area contributed by atoms with Crippen LogP contribution in [-0.2, 0) is 10.0 Å². The number of carbonyl (C=O) groups excluding carboxylic acids is 2. The van der Waals surface area contributed by atoms with Crippen LogP contribution < -0.4 is 19.5 Å².